The lowest BCUT2D eigenvalue weighted by Gasteiger charge is -2.17. The van der Waals surface area contributed by atoms with Gasteiger partial charge in [-0.2, -0.15) is 11.3 Å². The van der Waals surface area contributed by atoms with Gasteiger partial charge in [-0.15, -0.1) is 0 Å². The molecule has 0 bridgehead atoms. The first-order chi connectivity index (χ1) is 9.47. The van der Waals surface area contributed by atoms with Gasteiger partial charge in [-0.3, -0.25) is 10.1 Å². The molecule has 0 aliphatic rings. The lowest BCUT2D eigenvalue weighted by Crippen LogP contribution is -2.18. The van der Waals surface area contributed by atoms with E-state index in [0.717, 1.165) is 6.42 Å². The molecule has 0 saturated heterocycles. The molecule has 1 aromatic carbocycles. The monoisotopic (exact) mass is 330 g/mol. The summed E-state index contributed by atoms with van der Waals surface area (Å²) in [7, 11) is 0. The Morgan fingerprint density at radius 2 is 2.05 bits per heavy atom. The molecule has 0 spiro atoms. The summed E-state index contributed by atoms with van der Waals surface area (Å²) in [4.78, 5) is 10.2. The molecule has 0 amide bonds. The molecule has 1 atom stereocenters. The molecule has 106 valence electrons. The first kappa shape index (κ1) is 15.1. The van der Waals surface area contributed by atoms with Crippen LogP contribution in [0.1, 0.15) is 12.5 Å². The summed E-state index contributed by atoms with van der Waals surface area (Å²) in [5.41, 5.74) is 1.64. The van der Waals surface area contributed by atoms with Gasteiger partial charge >= 0.3 is 0 Å². The Kier molecular flexibility index (Phi) is 4.86. The lowest BCUT2D eigenvalue weighted by molar-refractivity contribution is -0.384. The normalized spacial score (nSPS) is 12.2. The highest BCUT2D eigenvalue weighted by Crippen LogP contribution is 2.35. The van der Waals surface area contributed by atoms with E-state index in [4.69, 9.17) is 23.2 Å². The Balaban J connectivity index is 2.14. The van der Waals surface area contributed by atoms with Gasteiger partial charge in [0.05, 0.1) is 20.7 Å². The molecule has 2 aromatic rings. The molecule has 0 radical (unpaired) electrons. The number of thiophene rings is 1. The second-order valence-corrected chi connectivity index (χ2v) is 6.02. The number of hydrogen-bond donors (Lipinski definition) is 1. The van der Waals surface area contributed by atoms with Gasteiger partial charge in [0.1, 0.15) is 0 Å². The van der Waals surface area contributed by atoms with E-state index in [1.165, 1.54) is 17.7 Å². The van der Waals surface area contributed by atoms with Crippen molar-refractivity contribution in [1.29, 1.82) is 0 Å². The molecule has 0 saturated carbocycles. The van der Waals surface area contributed by atoms with Crippen molar-refractivity contribution in [2.75, 3.05) is 5.32 Å². The highest BCUT2D eigenvalue weighted by Gasteiger charge is 2.16. The number of nitrogens with zero attached hydrogens (tertiary/aromatic N) is 1. The maximum absolute atomic E-state index is 10.7. The second-order valence-electron chi connectivity index (χ2n) is 4.42. The maximum Gasteiger partial charge on any atom is 0.272 e. The van der Waals surface area contributed by atoms with Crippen LogP contribution in [-0.4, -0.2) is 11.0 Å². The Morgan fingerprint density at radius 3 is 2.55 bits per heavy atom. The summed E-state index contributed by atoms with van der Waals surface area (Å²) in [6.07, 6.45) is 0.827. The third kappa shape index (κ3) is 3.62. The number of benzene rings is 1. The van der Waals surface area contributed by atoms with Gasteiger partial charge in [0, 0.05) is 18.2 Å². The Hall–Kier alpha value is -1.30. The van der Waals surface area contributed by atoms with Crippen LogP contribution >= 0.6 is 34.5 Å². The van der Waals surface area contributed by atoms with Crippen LogP contribution in [0, 0.1) is 10.1 Å². The predicted octanol–water partition coefficient (Wildman–Crippen LogP) is 5.01. The van der Waals surface area contributed by atoms with Gasteiger partial charge in [0.25, 0.3) is 5.69 Å². The molecule has 2 rings (SSSR count). The van der Waals surface area contributed by atoms with Crippen LogP contribution < -0.4 is 5.32 Å². The fourth-order valence-corrected chi connectivity index (χ4v) is 3.13. The average molecular weight is 331 g/mol. The van der Waals surface area contributed by atoms with Gasteiger partial charge in [0.2, 0.25) is 0 Å². The molecule has 1 unspecified atom stereocenters. The van der Waals surface area contributed by atoms with Crippen molar-refractivity contribution in [3.8, 4) is 0 Å². The van der Waals surface area contributed by atoms with E-state index in [2.05, 4.69) is 16.8 Å². The second kappa shape index (κ2) is 6.43. The van der Waals surface area contributed by atoms with Crippen molar-refractivity contribution < 1.29 is 4.92 Å². The zero-order valence-electron chi connectivity index (χ0n) is 10.6. The number of non-ortho nitro benzene ring substituents is 1. The Labute approximate surface area is 130 Å². The zero-order valence-corrected chi connectivity index (χ0v) is 12.9. The molecule has 20 heavy (non-hydrogen) atoms. The number of nitro benzene ring substituents is 1. The van der Waals surface area contributed by atoms with E-state index in [9.17, 15) is 10.1 Å². The van der Waals surface area contributed by atoms with Gasteiger partial charge in [-0.1, -0.05) is 23.2 Å². The molecular weight excluding hydrogens is 319 g/mol. The SMILES string of the molecule is CC(Cc1ccsc1)Nc1c(Cl)cc([N+](=O)[O-])cc1Cl. The summed E-state index contributed by atoms with van der Waals surface area (Å²) < 4.78 is 0. The molecule has 1 heterocycles. The standard InChI is InChI=1S/C13H12Cl2N2O2S/c1-8(4-9-2-3-20-7-9)16-13-11(14)5-10(17(18)19)6-12(13)15/h2-3,5-8,16H,4H2,1H3. The predicted molar refractivity (Wildman–Crippen MR) is 84.2 cm³/mol. The highest BCUT2D eigenvalue weighted by atomic mass is 35.5. The first-order valence-corrected chi connectivity index (χ1v) is 7.58. The average Bonchev–Trinajstić information content (AvgIpc) is 2.86. The number of nitro groups is 1. The fourth-order valence-electron chi connectivity index (χ4n) is 1.86. The van der Waals surface area contributed by atoms with Crippen molar-refractivity contribution in [1.82, 2.24) is 0 Å². The lowest BCUT2D eigenvalue weighted by atomic mass is 10.1. The summed E-state index contributed by atoms with van der Waals surface area (Å²) in [5, 5.41) is 18.5. The molecule has 1 aromatic heterocycles. The van der Waals surface area contributed by atoms with Gasteiger partial charge in [-0.05, 0) is 35.7 Å². The molecule has 0 aliphatic carbocycles. The van der Waals surface area contributed by atoms with E-state index in [1.54, 1.807) is 11.3 Å². The first-order valence-electron chi connectivity index (χ1n) is 5.88. The van der Waals surface area contributed by atoms with E-state index < -0.39 is 4.92 Å². The van der Waals surface area contributed by atoms with Crippen LogP contribution in [-0.2, 0) is 6.42 Å². The zero-order chi connectivity index (χ0) is 14.7. The summed E-state index contributed by atoms with van der Waals surface area (Å²) in [5.74, 6) is 0. The van der Waals surface area contributed by atoms with Crippen molar-refractivity contribution >= 4 is 45.9 Å². The number of halogens is 2. The largest absolute Gasteiger partial charge is 0.380 e. The topological polar surface area (TPSA) is 55.2 Å². The minimum atomic E-state index is -0.518. The molecular formula is C13H12Cl2N2O2S. The molecule has 7 heteroatoms. The van der Waals surface area contributed by atoms with Crippen LogP contribution in [0.25, 0.3) is 0 Å². The maximum atomic E-state index is 10.7. The minimum Gasteiger partial charge on any atom is -0.380 e. The van der Waals surface area contributed by atoms with Crippen LogP contribution in [0.5, 0.6) is 0 Å². The van der Waals surface area contributed by atoms with E-state index in [0.29, 0.717) is 5.69 Å². The number of hydrogen-bond acceptors (Lipinski definition) is 4. The number of anilines is 1. The third-order valence-corrected chi connectivity index (χ3v) is 4.08. The van der Waals surface area contributed by atoms with Gasteiger partial charge < -0.3 is 5.32 Å². The Morgan fingerprint density at radius 1 is 1.40 bits per heavy atom. The number of rotatable bonds is 5. The van der Waals surface area contributed by atoms with Gasteiger partial charge in [-0.25, -0.2) is 0 Å². The highest BCUT2D eigenvalue weighted by molar-refractivity contribution is 7.07. The van der Waals surface area contributed by atoms with Crippen molar-refractivity contribution in [2.24, 2.45) is 0 Å². The van der Waals surface area contributed by atoms with Crippen LogP contribution in [0.2, 0.25) is 10.0 Å². The van der Waals surface area contributed by atoms with Crippen LogP contribution in [0.15, 0.2) is 29.0 Å². The number of nitrogens with one attached hydrogen (secondary N) is 1. The minimum absolute atomic E-state index is 0.112. The van der Waals surface area contributed by atoms with Crippen molar-refractivity contribution in [3.05, 3.63) is 54.7 Å². The van der Waals surface area contributed by atoms with E-state index >= 15 is 0 Å². The summed E-state index contributed by atoms with van der Waals surface area (Å²) in [6, 6.07) is 4.77. The van der Waals surface area contributed by atoms with Crippen LogP contribution in [0.3, 0.4) is 0 Å². The van der Waals surface area contributed by atoms with E-state index in [-0.39, 0.29) is 21.8 Å². The molecule has 0 fully saturated rings. The van der Waals surface area contributed by atoms with Gasteiger partial charge in [0.15, 0.2) is 0 Å². The smallest absolute Gasteiger partial charge is 0.272 e. The van der Waals surface area contributed by atoms with Crippen molar-refractivity contribution in [2.45, 2.75) is 19.4 Å². The summed E-state index contributed by atoms with van der Waals surface area (Å²) in [6.45, 7) is 2.01. The molecule has 1 N–H and O–H groups in total. The van der Waals surface area contributed by atoms with Crippen molar-refractivity contribution in [3.63, 3.8) is 0 Å². The summed E-state index contributed by atoms with van der Waals surface area (Å²) >= 11 is 13.8. The third-order valence-electron chi connectivity index (χ3n) is 2.75. The molecule has 0 aliphatic heterocycles. The Bertz CT molecular complexity index is 594. The van der Waals surface area contributed by atoms with Crippen LogP contribution in [0.4, 0.5) is 11.4 Å². The fraction of sp³-hybridized carbons (Fsp3) is 0.231. The molecule has 4 nitrogen and oxygen atoms in total. The van der Waals surface area contributed by atoms with E-state index in [1.807, 2.05) is 12.3 Å². The quantitative estimate of drug-likeness (QED) is 0.619.